The molecule has 0 amide bonds. The number of carbonyl (C=O) groups excluding carboxylic acids is 1. The normalized spacial score (nSPS) is 12.5. The summed E-state index contributed by atoms with van der Waals surface area (Å²) in [7, 11) is 0. The number of aryl methyl sites for hydroxylation is 1. The van der Waals surface area contributed by atoms with E-state index >= 15 is 0 Å². The van der Waals surface area contributed by atoms with Crippen molar-refractivity contribution < 1.29 is 13.6 Å². The highest BCUT2D eigenvalue weighted by Gasteiger charge is 2.00. The molecule has 0 spiro atoms. The van der Waals surface area contributed by atoms with Gasteiger partial charge in [0.2, 0.25) is 0 Å². The first-order valence-electron chi connectivity index (χ1n) is 3.30. The number of aldehydes is 1. The van der Waals surface area contributed by atoms with E-state index in [1.165, 1.54) is 12.1 Å². The van der Waals surface area contributed by atoms with Crippen molar-refractivity contribution >= 4 is 17.4 Å². The van der Waals surface area contributed by atoms with Crippen molar-refractivity contribution in [1.82, 2.24) is 0 Å². The van der Waals surface area contributed by atoms with Gasteiger partial charge in [-0.1, -0.05) is 11.6 Å². The van der Waals surface area contributed by atoms with Crippen LogP contribution in [0.5, 0.6) is 0 Å². The van der Waals surface area contributed by atoms with Gasteiger partial charge in [-0.2, -0.15) is 0 Å². The van der Waals surface area contributed by atoms with Crippen LogP contribution < -0.4 is 0 Å². The lowest BCUT2D eigenvalue weighted by Gasteiger charge is -2.07. The predicted molar refractivity (Wildman–Crippen MR) is 43.8 cm³/mol. The van der Waals surface area contributed by atoms with Crippen LogP contribution in [0.25, 0.3) is 0 Å². The zero-order valence-corrected chi connectivity index (χ0v) is 7.26. The number of hydrogen-bond donors (Lipinski definition) is 0. The quantitative estimate of drug-likeness (QED) is 0.508. The van der Waals surface area contributed by atoms with Crippen molar-refractivity contribution in [1.29, 1.82) is 0 Å². The lowest BCUT2D eigenvalue weighted by atomic mass is 10.2. The highest BCUT2D eigenvalue weighted by Crippen LogP contribution is 2.12. The molecular weight excluding hydrogens is 176 g/mol. The van der Waals surface area contributed by atoms with Gasteiger partial charge in [0.05, 0.1) is 0 Å². The van der Waals surface area contributed by atoms with Gasteiger partial charge in [0, 0.05) is 10.5 Å². The third-order valence-corrected chi connectivity index (χ3v) is 2.20. The highest BCUT2D eigenvalue weighted by atomic mass is 32.2. The first kappa shape index (κ1) is 9.09. The Bertz CT molecular complexity index is 333. The van der Waals surface area contributed by atoms with Crippen LogP contribution in [0, 0.1) is 6.92 Å². The molecule has 1 aromatic rings. The molecule has 0 saturated heterocycles. The fourth-order valence-electron chi connectivity index (χ4n) is 0.912. The van der Waals surface area contributed by atoms with Crippen LogP contribution in [0.4, 0.5) is 0 Å². The standard InChI is InChI=1S/C8H8O3S/c1-6-2-3-8(12(10)11)7(4-6)5-9/h2-5H,1H3,(H,10,11)/p-1. The van der Waals surface area contributed by atoms with Crippen molar-refractivity contribution in [2.24, 2.45) is 0 Å². The van der Waals surface area contributed by atoms with E-state index < -0.39 is 11.1 Å². The summed E-state index contributed by atoms with van der Waals surface area (Å²) in [5.41, 5.74) is 1.08. The van der Waals surface area contributed by atoms with Crippen LogP contribution >= 0.6 is 0 Å². The Morgan fingerprint density at radius 3 is 2.67 bits per heavy atom. The first-order valence-corrected chi connectivity index (χ1v) is 4.37. The molecule has 1 rings (SSSR count). The third kappa shape index (κ3) is 1.78. The van der Waals surface area contributed by atoms with Crippen molar-refractivity contribution in [2.75, 3.05) is 0 Å². The van der Waals surface area contributed by atoms with Gasteiger partial charge in [-0.3, -0.25) is 9.00 Å². The fraction of sp³-hybridized carbons (Fsp3) is 0.125. The molecule has 12 heavy (non-hydrogen) atoms. The maximum Gasteiger partial charge on any atom is 0.151 e. The molecule has 0 aromatic heterocycles. The maximum absolute atomic E-state index is 10.5. The zero-order chi connectivity index (χ0) is 9.14. The van der Waals surface area contributed by atoms with Gasteiger partial charge >= 0.3 is 0 Å². The minimum atomic E-state index is -2.33. The predicted octanol–water partition coefficient (Wildman–Crippen LogP) is 1.05. The summed E-state index contributed by atoms with van der Waals surface area (Å²) in [5, 5.41) is 0. The number of benzene rings is 1. The van der Waals surface area contributed by atoms with Crippen molar-refractivity contribution in [3.8, 4) is 0 Å². The second kappa shape index (κ2) is 3.60. The molecule has 0 bridgehead atoms. The van der Waals surface area contributed by atoms with Gasteiger partial charge < -0.3 is 4.55 Å². The summed E-state index contributed by atoms with van der Waals surface area (Å²) in [5.74, 6) is 0. The molecule has 0 aliphatic carbocycles. The van der Waals surface area contributed by atoms with E-state index in [1.807, 2.05) is 0 Å². The molecule has 0 aliphatic heterocycles. The average molecular weight is 183 g/mol. The van der Waals surface area contributed by atoms with Gasteiger partial charge in [0.1, 0.15) is 0 Å². The molecule has 1 aromatic carbocycles. The molecule has 0 aliphatic rings. The van der Waals surface area contributed by atoms with Crippen molar-refractivity contribution in [3.63, 3.8) is 0 Å². The summed E-state index contributed by atoms with van der Waals surface area (Å²) >= 11 is -2.33. The van der Waals surface area contributed by atoms with E-state index in [2.05, 4.69) is 0 Å². The lowest BCUT2D eigenvalue weighted by Crippen LogP contribution is -1.95. The summed E-state index contributed by atoms with van der Waals surface area (Å²) in [6.45, 7) is 1.80. The number of rotatable bonds is 2. The Morgan fingerprint density at radius 2 is 2.17 bits per heavy atom. The van der Waals surface area contributed by atoms with Gasteiger partial charge in [0.25, 0.3) is 0 Å². The monoisotopic (exact) mass is 183 g/mol. The Hall–Kier alpha value is -1.00. The third-order valence-electron chi connectivity index (χ3n) is 1.47. The number of hydrogen-bond acceptors (Lipinski definition) is 3. The minimum Gasteiger partial charge on any atom is -0.768 e. The SMILES string of the molecule is Cc1ccc(S(=O)[O-])c(C=O)c1. The van der Waals surface area contributed by atoms with E-state index in [9.17, 15) is 13.6 Å². The number of carbonyl (C=O) groups is 1. The summed E-state index contributed by atoms with van der Waals surface area (Å²) in [4.78, 5) is 10.5. The van der Waals surface area contributed by atoms with Crippen LogP contribution in [0.15, 0.2) is 23.1 Å². The van der Waals surface area contributed by atoms with E-state index in [0.717, 1.165) is 5.56 Å². The lowest BCUT2D eigenvalue weighted by molar-refractivity contribution is 0.112. The Morgan fingerprint density at radius 1 is 1.50 bits per heavy atom. The Balaban J connectivity index is 3.29. The summed E-state index contributed by atoms with van der Waals surface area (Å²) in [6.07, 6.45) is 0.540. The smallest absolute Gasteiger partial charge is 0.151 e. The van der Waals surface area contributed by atoms with Gasteiger partial charge in [0.15, 0.2) is 6.29 Å². The summed E-state index contributed by atoms with van der Waals surface area (Å²) in [6, 6.07) is 4.61. The van der Waals surface area contributed by atoms with E-state index in [4.69, 9.17) is 0 Å². The topological polar surface area (TPSA) is 57.2 Å². The molecule has 0 N–H and O–H groups in total. The van der Waals surface area contributed by atoms with Crippen LogP contribution in [0.2, 0.25) is 0 Å². The summed E-state index contributed by atoms with van der Waals surface area (Å²) < 4.78 is 21.1. The first-order chi connectivity index (χ1) is 5.65. The van der Waals surface area contributed by atoms with Crippen LogP contribution in [0.1, 0.15) is 15.9 Å². The second-order valence-electron chi connectivity index (χ2n) is 2.39. The Labute approximate surface area is 72.7 Å². The van der Waals surface area contributed by atoms with E-state index in [-0.39, 0.29) is 10.5 Å². The molecule has 3 nitrogen and oxygen atoms in total. The van der Waals surface area contributed by atoms with Gasteiger partial charge in [-0.25, -0.2) is 0 Å². The molecule has 0 saturated carbocycles. The van der Waals surface area contributed by atoms with Crippen LogP contribution in [-0.4, -0.2) is 15.0 Å². The maximum atomic E-state index is 10.5. The molecule has 0 fully saturated rings. The fourth-order valence-corrected chi connectivity index (χ4v) is 1.39. The highest BCUT2D eigenvalue weighted by molar-refractivity contribution is 7.79. The molecular formula is C8H7O3S-. The molecule has 4 heteroatoms. The van der Waals surface area contributed by atoms with Gasteiger partial charge in [-0.15, -0.1) is 0 Å². The van der Waals surface area contributed by atoms with Crippen LogP contribution in [-0.2, 0) is 11.1 Å². The molecule has 1 unspecified atom stereocenters. The zero-order valence-electron chi connectivity index (χ0n) is 6.44. The molecule has 0 heterocycles. The van der Waals surface area contributed by atoms with Crippen molar-refractivity contribution in [2.45, 2.75) is 11.8 Å². The molecule has 0 radical (unpaired) electrons. The molecule has 1 atom stereocenters. The van der Waals surface area contributed by atoms with E-state index in [0.29, 0.717) is 6.29 Å². The largest absolute Gasteiger partial charge is 0.768 e. The van der Waals surface area contributed by atoms with Gasteiger partial charge in [-0.05, 0) is 30.1 Å². The van der Waals surface area contributed by atoms with Crippen LogP contribution in [0.3, 0.4) is 0 Å². The second-order valence-corrected chi connectivity index (χ2v) is 3.30. The average Bonchev–Trinajstić information content (AvgIpc) is 2.03. The minimum absolute atomic E-state index is 0.0515. The Kier molecular flexibility index (Phi) is 2.73. The molecule has 64 valence electrons. The van der Waals surface area contributed by atoms with Crippen molar-refractivity contribution in [3.05, 3.63) is 29.3 Å². The van der Waals surface area contributed by atoms with E-state index in [1.54, 1.807) is 13.0 Å².